The molecule has 0 aliphatic rings. The molecule has 0 saturated carbocycles. The molecule has 1 aromatic heterocycles. The lowest BCUT2D eigenvalue weighted by Crippen LogP contribution is -2.22. The van der Waals surface area contributed by atoms with E-state index in [0.717, 1.165) is 6.54 Å². The van der Waals surface area contributed by atoms with Crippen LogP contribution in [0.2, 0.25) is 0 Å². The molecule has 0 unspecified atom stereocenters. The molecule has 0 spiro atoms. The van der Waals surface area contributed by atoms with Crippen LogP contribution in [0.3, 0.4) is 0 Å². The lowest BCUT2D eigenvalue weighted by atomic mass is 10.3. The van der Waals surface area contributed by atoms with Gasteiger partial charge in [0, 0.05) is 23.5 Å². The van der Waals surface area contributed by atoms with Gasteiger partial charge in [-0.3, -0.25) is 4.90 Å². The van der Waals surface area contributed by atoms with Gasteiger partial charge in [-0.25, -0.2) is 4.79 Å². The van der Waals surface area contributed by atoms with E-state index in [9.17, 15) is 4.79 Å². The molecule has 0 aliphatic carbocycles. The third kappa shape index (κ3) is 3.32. The first-order chi connectivity index (χ1) is 6.59. The summed E-state index contributed by atoms with van der Waals surface area (Å²) in [4.78, 5) is 13.7. The number of thiophene rings is 1. The first kappa shape index (κ1) is 10.9. The molecule has 1 heterocycles. The lowest BCUT2D eigenvalue weighted by Gasteiger charge is -2.14. The molecule has 1 N–H and O–H groups in total. The van der Waals surface area contributed by atoms with E-state index < -0.39 is 5.97 Å². The standard InChI is InChI=1S/C10H13NO2S/c1-8(10(12)13)6-11(2)7-9-4-3-5-14-9/h3-5H,1,6-7H2,2H3,(H,12,13). The molecule has 0 atom stereocenters. The van der Waals surface area contributed by atoms with Crippen molar-refractivity contribution >= 4 is 17.3 Å². The minimum Gasteiger partial charge on any atom is -0.478 e. The summed E-state index contributed by atoms with van der Waals surface area (Å²) in [6.45, 7) is 4.65. The van der Waals surface area contributed by atoms with E-state index in [2.05, 4.69) is 6.58 Å². The Morgan fingerprint density at radius 3 is 2.93 bits per heavy atom. The Bertz CT molecular complexity index is 319. The van der Waals surface area contributed by atoms with Crippen molar-refractivity contribution in [2.75, 3.05) is 13.6 Å². The largest absolute Gasteiger partial charge is 0.478 e. The zero-order valence-corrected chi connectivity index (χ0v) is 8.88. The van der Waals surface area contributed by atoms with Gasteiger partial charge in [-0.2, -0.15) is 0 Å². The molecular weight excluding hydrogens is 198 g/mol. The van der Waals surface area contributed by atoms with E-state index in [1.165, 1.54) is 4.88 Å². The van der Waals surface area contributed by atoms with Crippen molar-refractivity contribution in [2.45, 2.75) is 6.54 Å². The summed E-state index contributed by atoms with van der Waals surface area (Å²) in [5.74, 6) is -0.928. The van der Waals surface area contributed by atoms with Gasteiger partial charge >= 0.3 is 5.97 Å². The van der Waals surface area contributed by atoms with E-state index in [4.69, 9.17) is 5.11 Å². The molecule has 4 heteroatoms. The van der Waals surface area contributed by atoms with Gasteiger partial charge in [0.1, 0.15) is 0 Å². The average molecular weight is 211 g/mol. The second-order valence-corrected chi connectivity index (χ2v) is 4.19. The maximum Gasteiger partial charge on any atom is 0.332 e. The molecule has 0 aliphatic heterocycles. The van der Waals surface area contributed by atoms with Gasteiger partial charge in [-0.05, 0) is 18.5 Å². The predicted molar refractivity (Wildman–Crippen MR) is 57.4 cm³/mol. The van der Waals surface area contributed by atoms with Crippen molar-refractivity contribution in [3.63, 3.8) is 0 Å². The molecule has 0 radical (unpaired) electrons. The number of carboxylic acids is 1. The van der Waals surface area contributed by atoms with Crippen molar-refractivity contribution < 1.29 is 9.90 Å². The molecule has 76 valence electrons. The number of carbonyl (C=O) groups is 1. The van der Waals surface area contributed by atoms with Crippen LogP contribution in [-0.2, 0) is 11.3 Å². The van der Waals surface area contributed by atoms with Crippen LogP contribution in [0.25, 0.3) is 0 Å². The molecule has 14 heavy (non-hydrogen) atoms. The first-order valence-corrected chi connectivity index (χ1v) is 5.09. The fourth-order valence-electron chi connectivity index (χ4n) is 1.12. The summed E-state index contributed by atoms with van der Waals surface area (Å²) in [5.41, 5.74) is 0.226. The summed E-state index contributed by atoms with van der Waals surface area (Å²) in [6, 6.07) is 4.02. The SMILES string of the molecule is C=C(CN(C)Cc1cccs1)C(=O)O. The second-order valence-electron chi connectivity index (χ2n) is 3.16. The second kappa shape index (κ2) is 4.93. The van der Waals surface area contributed by atoms with Gasteiger partial charge in [0.05, 0.1) is 0 Å². The number of nitrogens with zero attached hydrogens (tertiary/aromatic N) is 1. The van der Waals surface area contributed by atoms with Gasteiger partial charge < -0.3 is 5.11 Å². The Hall–Kier alpha value is -1.13. The maximum atomic E-state index is 10.5. The third-order valence-electron chi connectivity index (χ3n) is 1.77. The maximum absolute atomic E-state index is 10.5. The highest BCUT2D eigenvalue weighted by Crippen LogP contribution is 2.11. The number of carboxylic acid groups (broad SMARTS) is 1. The zero-order valence-electron chi connectivity index (χ0n) is 8.06. The Kier molecular flexibility index (Phi) is 3.85. The molecule has 0 saturated heterocycles. The Labute approximate surface area is 87.3 Å². The third-order valence-corrected chi connectivity index (χ3v) is 2.63. The topological polar surface area (TPSA) is 40.5 Å². The number of hydrogen-bond acceptors (Lipinski definition) is 3. The number of hydrogen-bond donors (Lipinski definition) is 1. The summed E-state index contributed by atoms with van der Waals surface area (Å²) < 4.78 is 0. The van der Waals surface area contributed by atoms with Crippen molar-refractivity contribution in [1.29, 1.82) is 0 Å². The molecule has 1 rings (SSSR count). The van der Waals surface area contributed by atoms with Gasteiger partial charge in [0.2, 0.25) is 0 Å². The van der Waals surface area contributed by atoms with Gasteiger partial charge in [0.25, 0.3) is 0 Å². The highest BCUT2D eigenvalue weighted by Gasteiger charge is 2.08. The van der Waals surface area contributed by atoms with Crippen LogP contribution in [0.15, 0.2) is 29.7 Å². The highest BCUT2D eigenvalue weighted by molar-refractivity contribution is 7.09. The van der Waals surface area contributed by atoms with E-state index in [-0.39, 0.29) is 5.57 Å². The zero-order chi connectivity index (χ0) is 10.6. The first-order valence-electron chi connectivity index (χ1n) is 4.21. The minimum absolute atomic E-state index is 0.226. The molecule has 0 fully saturated rings. The molecule has 0 bridgehead atoms. The lowest BCUT2D eigenvalue weighted by molar-refractivity contribution is -0.132. The van der Waals surface area contributed by atoms with E-state index in [1.54, 1.807) is 11.3 Å². The van der Waals surface area contributed by atoms with Crippen LogP contribution in [0.5, 0.6) is 0 Å². The van der Waals surface area contributed by atoms with Crippen molar-refractivity contribution in [3.05, 3.63) is 34.5 Å². The Balaban J connectivity index is 2.40. The van der Waals surface area contributed by atoms with Crippen LogP contribution < -0.4 is 0 Å². The predicted octanol–water partition coefficient (Wildman–Crippen LogP) is 1.82. The smallest absolute Gasteiger partial charge is 0.332 e. The van der Waals surface area contributed by atoms with Gasteiger partial charge in [-0.15, -0.1) is 11.3 Å². The number of aliphatic carboxylic acids is 1. The fraction of sp³-hybridized carbons (Fsp3) is 0.300. The van der Waals surface area contributed by atoms with E-state index >= 15 is 0 Å². The quantitative estimate of drug-likeness (QED) is 0.755. The normalized spacial score (nSPS) is 10.4. The summed E-state index contributed by atoms with van der Waals surface area (Å²) >= 11 is 1.67. The molecule has 0 amide bonds. The summed E-state index contributed by atoms with van der Waals surface area (Å²) in [5, 5.41) is 10.6. The van der Waals surface area contributed by atoms with Gasteiger partial charge in [0.15, 0.2) is 0 Å². The highest BCUT2D eigenvalue weighted by atomic mass is 32.1. The van der Waals surface area contributed by atoms with Crippen molar-refractivity contribution in [1.82, 2.24) is 4.90 Å². The van der Waals surface area contributed by atoms with Crippen LogP contribution in [0, 0.1) is 0 Å². The summed E-state index contributed by atoms with van der Waals surface area (Å²) in [7, 11) is 1.88. The monoisotopic (exact) mass is 211 g/mol. The number of rotatable bonds is 5. The van der Waals surface area contributed by atoms with Crippen LogP contribution in [0.4, 0.5) is 0 Å². The summed E-state index contributed by atoms with van der Waals surface area (Å²) in [6.07, 6.45) is 0. The van der Waals surface area contributed by atoms with Gasteiger partial charge in [-0.1, -0.05) is 12.6 Å². The van der Waals surface area contributed by atoms with E-state index in [0.29, 0.717) is 6.54 Å². The average Bonchev–Trinajstić information content (AvgIpc) is 2.56. The van der Waals surface area contributed by atoms with Crippen LogP contribution >= 0.6 is 11.3 Å². The van der Waals surface area contributed by atoms with Crippen molar-refractivity contribution in [3.8, 4) is 0 Å². The molecule has 1 aromatic rings. The fourth-order valence-corrected chi connectivity index (χ4v) is 1.90. The molecular formula is C10H13NO2S. The molecule has 0 aromatic carbocycles. The molecule has 3 nitrogen and oxygen atoms in total. The number of likely N-dealkylation sites (N-methyl/N-ethyl adjacent to an activating group) is 1. The Morgan fingerprint density at radius 2 is 2.43 bits per heavy atom. The van der Waals surface area contributed by atoms with E-state index in [1.807, 2.05) is 29.5 Å². The minimum atomic E-state index is -0.928. The van der Waals surface area contributed by atoms with Crippen LogP contribution in [-0.4, -0.2) is 29.6 Å². The van der Waals surface area contributed by atoms with Crippen LogP contribution in [0.1, 0.15) is 4.88 Å². The van der Waals surface area contributed by atoms with Crippen molar-refractivity contribution in [2.24, 2.45) is 0 Å². The Morgan fingerprint density at radius 1 is 1.71 bits per heavy atom.